The Kier molecular flexibility index (Phi) is 6.58. The molecule has 7 nitrogen and oxygen atoms in total. The van der Waals surface area contributed by atoms with Gasteiger partial charge in [-0.25, -0.2) is 23.7 Å². The molecule has 3 heterocycles. The molecule has 0 fully saturated rings. The van der Waals surface area contributed by atoms with Gasteiger partial charge in [0.1, 0.15) is 24.9 Å². The molecule has 1 amide bonds. The third kappa shape index (κ3) is 5.19. The van der Waals surface area contributed by atoms with Crippen molar-refractivity contribution in [2.45, 2.75) is 19.1 Å². The van der Waals surface area contributed by atoms with E-state index in [1.54, 1.807) is 11.4 Å². The van der Waals surface area contributed by atoms with Crippen molar-refractivity contribution in [2.75, 3.05) is 24.7 Å². The summed E-state index contributed by atoms with van der Waals surface area (Å²) in [7, 11) is 0. The largest absolute Gasteiger partial charge is 0.405 e. The Bertz CT molecular complexity index is 1090. The van der Waals surface area contributed by atoms with Crippen LogP contribution in [0, 0.1) is 5.82 Å². The van der Waals surface area contributed by atoms with E-state index in [1.807, 2.05) is 0 Å². The summed E-state index contributed by atoms with van der Waals surface area (Å²) >= 11 is 5.97. The van der Waals surface area contributed by atoms with Gasteiger partial charge in [0.25, 0.3) is 0 Å². The number of H-pyrrole nitrogens is 1. The summed E-state index contributed by atoms with van der Waals surface area (Å²) in [4.78, 5) is 28.1. The fraction of sp³-hybridized carbons (Fsp3) is 0.333. The number of halogens is 6. The van der Waals surface area contributed by atoms with Gasteiger partial charge in [0.2, 0.25) is 5.91 Å². The Morgan fingerprint density at radius 2 is 2.06 bits per heavy atom. The molecular weight excluding hydrogens is 447 g/mol. The van der Waals surface area contributed by atoms with Gasteiger partial charge in [0.05, 0.1) is 11.2 Å². The predicted molar refractivity (Wildman–Crippen MR) is 104 cm³/mol. The fourth-order valence-corrected chi connectivity index (χ4v) is 3.06. The quantitative estimate of drug-likeness (QED) is 0.523. The molecule has 0 spiro atoms. The van der Waals surface area contributed by atoms with Crippen LogP contribution in [0.5, 0.6) is 0 Å². The van der Waals surface area contributed by atoms with Crippen LogP contribution in [0.2, 0.25) is 5.02 Å². The molecule has 31 heavy (non-hydrogen) atoms. The number of rotatable bonds is 7. The SMILES string of the molecule is C[C@@H](C(=O)NCC(F)(F)F)N(CCF)c1nc(-c2c[nH]c3ncc(Cl)cc23)ncc1F. The standard InChI is InChI=1S/C18H16ClF5N6O/c1-9(17(31)28-8-18(22,23)24)30(3-2-20)16-13(21)7-27-15(29-16)12-6-26-14-11(12)4-10(19)5-25-14/h4-7,9H,2-3,8H2,1H3,(H,25,26)(H,28,31)/t9-/m0/s1. The first-order valence-electron chi connectivity index (χ1n) is 8.93. The van der Waals surface area contributed by atoms with E-state index in [9.17, 15) is 26.7 Å². The number of aromatic nitrogens is 4. The summed E-state index contributed by atoms with van der Waals surface area (Å²) in [5.74, 6) is -2.43. The van der Waals surface area contributed by atoms with E-state index in [0.717, 1.165) is 11.1 Å². The van der Waals surface area contributed by atoms with Gasteiger partial charge in [-0.05, 0) is 13.0 Å². The zero-order chi connectivity index (χ0) is 22.8. The lowest BCUT2D eigenvalue weighted by molar-refractivity contribution is -0.139. The molecule has 3 aromatic heterocycles. The van der Waals surface area contributed by atoms with Crippen LogP contribution in [-0.4, -0.2) is 57.8 Å². The number of alkyl halides is 4. The summed E-state index contributed by atoms with van der Waals surface area (Å²) in [6.07, 6.45) is -0.854. The molecule has 166 valence electrons. The number of nitrogens with one attached hydrogen (secondary N) is 2. The van der Waals surface area contributed by atoms with E-state index < -0.39 is 49.5 Å². The Labute approximate surface area is 177 Å². The molecule has 0 saturated carbocycles. The van der Waals surface area contributed by atoms with E-state index in [-0.39, 0.29) is 5.82 Å². The van der Waals surface area contributed by atoms with Gasteiger partial charge < -0.3 is 15.2 Å². The molecule has 2 N–H and O–H groups in total. The van der Waals surface area contributed by atoms with Crippen LogP contribution in [0.1, 0.15) is 6.92 Å². The lowest BCUT2D eigenvalue weighted by Crippen LogP contribution is -2.48. The van der Waals surface area contributed by atoms with Crippen molar-refractivity contribution < 1.29 is 26.7 Å². The van der Waals surface area contributed by atoms with Gasteiger partial charge in [-0.2, -0.15) is 13.2 Å². The van der Waals surface area contributed by atoms with E-state index in [0.29, 0.717) is 21.6 Å². The minimum Gasteiger partial charge on any atom is -0.345 e. The maximum atomic E-state index is 14.5. The lowest BCUT2D eigenvalue weighted by atomic mass is 10.2. The second kappa shape index (κ2) is 9.00. The minimum absolute atomic E-state index is 0.0264. The number of pyridine rings is 1. The number of carbonyl (C=O) groups excluding carboxylic acids is 1. The van der Waals surface area contributed by atoms with Crippen molar-refractivity contribution in [3.63, 3.8) is 0 Å². The van der Waals surface area contributed by atoms with Crippen molar-refractivity contribution in [2.24, 2.45) is 0 Å². The second-order valence-corrected chi connectivity index (χ2v) is 6.94. The molecule has 3 rings (SSSR count). The van der Waals surface area contributed by atoms with Crippen molar-refractivity contribution in [3.05, 3.63) is 35.5 Å². The first kappa shape index (κ1) is 22.7. The summed E-state index contributed by atoms with van der Waals surface area (Å²) < 4.78 is 64.8. The van der Waals surface area contributed by atoms with Crippen LogP contribution in [-0.2, 0) is 4.79 Å². The zero-order valence-electron chi connectivity index (χ0n) is 16.0. The molecule has 0 aliphatic carbocycles. The van der Waals surface area contributed by atoms with Crippen molar-refractivity contribution in [1.29, 1.82) is 0 Å². The molecule has 0 saturated heterocycles. The summed E-state index contributed by atoms with van der Waals surface area (Å²) in [5.41, 5.74) is 0.884. The van der Waals surface area contributed by atoms with Crippen LogP contribution in [0.4, 0.5) is 27.8 Å². The van der Waals surface area contributed by atoms with Crippen molar-refractivity contribution >= 4 is 34.4 Å². The maximum absolute atomic E-state index is 14.5. The smallest absolute Gasteiger partial charge is 0.345 e. The summed E-state index contributed by atoms with van der Waals surface area (Å²) in [6.45, 7) is -1.82. The van der Waals surface area contributed by atoms with Crippen LogP contribution in [0.15, 0.2) is 24.7 Å². The average Bonchev–Trinajstić information content (AvgIpc) is 3.13. The van der Waals surface area contributed by atoms with Gasteiger partial charge in [0.15, 0.2) is 17.5 Å². The van der Waals surface area contributed by atoms with E-state index in [1.165, 1.54) is 19.3 Å². The number of nitrogens with zero attached hydrogens (tertiary/aromatic N) is 4. The first-order valence-corrected chi connectivity index (χ1v) is 9.31. The normalized spacial score (nSPS) is 12.7. The monoisotopic (exact) mass is 462 g/mol. The van der Waals surface area contributed by atoms with E-state index in [2.05, 4.69) is 19.9 Å². The Morgan fingerprint density at radius 3 is 2.74 bits per heavy atom. The third-order valence-electron chi connectivity index (χ3n) is 4.37. The van der Waals surface area contributed by atoms with Crippen molar-refractivity contribution in [1.82, 2.24) is 25.3 Å². The summed E-state index contributed by atoms with van der Waals surface area (Å²) in [5, 5.41) is 2.58. The average molecular weight is 463 g/mol. The van der Waals surface area contributed by atoms with Gasteiger partial charge >= 0.3 is 6.18 Å². The van der Waals surface area contributed by atoms with Gasteiger partial charge in [-0.3, -0.25) is 4.79 Å². The van der Waals surface area contributed by atoms with Gasteiger partial charge in [-0.15, -0.1) is 0 Å². The molecule has 13 heteroatoms. The highest BCUT2D eigenvalue weighted by Crippen LogP contribution is 2.29. The molecule has 0 aliphatic rings. The highest BCUT2D eigenvalue weighted by atomic mass is 35.5. The first-order chi connectivity index (χ1) is 14.6. The van der Waals surface area contributed by atoms with E-state index >= 15 is 0 Å². The topological polar surface area (TPSA) is 86.8 Å². The Hall–Kier alpha value is -3.02. The number of fused-ring (bicyclic) bond motifs is 1. The van der Waals surface area contributed by atoms with Gasteiger partial charge in [0, 0.05) is 29.9 Å². The molecule has 3 aromatic rings. The molecule has 0 aliphatic heterocycles. The third-order valence-corrected chi connectivity index (χ3v) is 4.58. The molecule has 0 bridgehead atoms. The number of amides is 1. The fourth-order valence-electron chi connectivity index (χ4n) is 2.90. The number of anilines is 1. The molecule has 1 atom stereocenters. The van der Waals surface area contributed by atoms with Crippen LogP contribution in [0.25, 0.3) is 22.4 Å². The number of hydrogen-bond acceptors (Lipinski definition) is 5. The van der Waals surface area contributed by atoms with Crippen LogP contribution < -0.4 is 10.2 Å². The summed E-state index contributed by atoms with van der Waals surface area (Å²) in [6, 6.07) is 0.253. The van der Waals surface area contributed by atoms with Crippen LogP contribution >= 0.6 is 11.6 Å². The number of hydrogen-bond donors (Lipinski definition) is 2. The Balaban J connectivity index is 1.97. The number of aromatic amines is 1. The van der Waals surface area contributed by atoms with Crippen molar-refractivity contribution in [3.8, 4) is 11.4 Å². The minimum atomic E-state index is -4.63. The highest BCUT2D eigenvalue weighted by Gasteiger charge is 2.31. The predicted octanol–water partition coefficient (Wildman–Crippen LogP) is 3.66. The zero-order valence-corrected chi connectivity index (χ0v) is 16.7. The lowest BCUT2D eigenvalue weighted by Gasteiger charge is -2.29. The van der Waals surface area contributed by atoms with E-state index in [4.69, 9.17) is 11.6 Å². The van der Waals surface area contributed by atoms with Gasteiger partial charge in [-0.1, -0.05) is 11.6 Å². The highest BCUT2D eigenvalue weighted by molar-refractivity contribution is 6.31. The molecule has 0 radical (unpaired) electrons. The maximum Gasteiger partial charge on any atom is 0.405 e. The second-order valence-electron chi connectivity index (χ2n) is 6.51. The van der Waals surface area contributed by atoms with Crippen LogP contribution in [0.3, 0.4) is 0 Å². The molecule has 0 unspecified atom stereocenters. The molecule has 0 aromatic carbocycles. The number of carbonyl (C=O) groups is 1. The molecular formula is C18H16ClF5N6O. The Morgan fingerprint density at radius 1 is 1.32 bits per heavy atom.